The van der Waals surface area contributed by atoms with E-state index in [0.717, 1.165) is 0 Å². The van der Waals surface area contributed by atoms with E-state index in [0.29, 0.717) is 22.3 Å². The molecule has 19 heteroatoms. The average molecular weight is 848 g/mol. The lowest BCUT2D eigenvalue weighted by atomic mass is 9.66. The maximum atomic E-state index is 14.7. The number of fused-ring (bicyclic) bond motifs is 1. The second kappa shape index (κ2) is 19.1. The number of carbonyl (C=O) groups is 4. The van der Waals surface area contributed by atoms with E-state index < -0.39 is 95.2 Å². The number of aliphatic hydroxyl groups excluding tert-OH is 1. The van der Waals surface area contributed by atoms with Gasteiger partial charge in [-0.3, -0.25) is 24.0 Å². The number of likely N-dealkylation sites (N-methyl/N-ethyl adjacent to an activating group) is 1. The summed E-state index contributed by atoms with van der Waals surface area (Å²) < 4.78 is 31.1. The SMILES string of the molecule is CC[C@@H]1OC(=O)[C@H](C)C(=O)[C@H](C)[C@@H](OC2O[C@H](C)C[C@H](N(C)C)[C@H]2O)[C@](C)(OC)C[C@@H](C)C(=O)[C@H](C)[C@H]2[C@H](C(N)NOCc3nnc(-c4ncccn4)s3)C(=O)O[C@]21C. The number of aromatic nitrogens is 4. The van der Waals surface area contributed by atoms with Crippen LogP contribution < -0.4 is 11.2 Å². The molecule has 0 spiro atoms. The number of nitrogens with zero attached hydrogens (tertiary/aromatic N) is 5. The van der Waals surface area contributed by atoms with Gasteiger partial charge in [0.15, 0.2) is 28.5 Å². The summed E-state index contributed by atoms with van der Waals surface area (Å²) in [5.41, 5.74) is 6.55. The molecule has 2 aromatic rings. The topological polar surface area (TPSA) is 237 Å². The number of hydrogen-bond acceptors (Lipinski definition) is 19. The fourth-order valence-corrected chi connectivity index (χ4v) is 9.85. The van der Waals surface area contributed by atoms with Crippen LogP contribution in [0.4, 0.5) is 0 Å². The number of nitrogens with two attached hydrogens (primary N) is 1. The zero-order valence-corrected chi connectivity index (χ0v) is 36.6. The van der Waals surface area contributed by atoms with Gasteiger partial charge in [0.2, 0.25) is 0 Å². The smallest absolute Gasteiger partial charge is 0.316 e. The van der Waals surface area contributed by atoms with Crippen LogP contribution in [0.3, 0.4) is 0 Å². The second-order valence-corrected chi connectivity index (χ2v) is 17.9. The van der Waals surface area contributed by atoms with Crippen LogP contribution in [0.15, 0.2) is 18.5 Å². The van der Waals surface area contributed by atoms with E-state index in [4.69, 9.17) is 34.3 Å². The van der Waals surface area contributed by atoms with E-state index in [-0.39, 0.29) is 37.4 Å². The summed E-state index contributed by atoms with van der Waals surface area (Å²) in [5, 5.41) is 20.7. The van der Waals surface area contributed by atoms with Gasteiger partial charge < -0.3 is 39.4 Å². The molecule has 0 bridgehead atoms. The highest BCUT2D eigenvalue weighted by molar-refractivity contribution is 7.14. The number of carbonyl (C=O) groups excluding carboxylic acids is 4. The van der Waals surface area contributed by atoms with Gasteiger partial charge >= 0.3 is 11.9 Å². The lowest BCUT2D eigenvalue weighted by molar-refractivity contribution is -0.295. The first-order valence-corrected chi connectivity index (χ1v) is 21.0. The van der Waals surface area contributed by atoms with Crippen molar-refractivity contribution in [3.05, 3.63) is 23.5 Å². The number of aliphatic hydroxyl groups is 1. The van der Waals surface area contributed by atoms with E-state index >= 15 is 0 Å². The third-order valence-corrected chi connectivity index (χ3v) is 13.3. The van der Waals surface area contributed by atoms with Crippen molar-refractivity contribution in [1.82, 2.24) is 30.5 Å². The molecule has 328 valence electrons. The molecule has 0 radical (unpaired) electrons. The minimum Gasteiger partial charge on any atom is -0.458 e. The number of ketones is 2. The number of hydrogen-bond donors (Lipinski definition) is 3. The lowest BCUT2D eigenvalue weighted by Crippen LogP contribution is -2.59. The van der Waals surface area contributed by atoms with Crippen molar-refractivity contribution >= 4 is 34.8 Å². The zero-order chi connectivity index (χ0) is 43.6. The van der Waals surface area contributed by atoms with Crippen LogP contribution in [0.25, 0.3) is 10.8 Å². The monoisotopic (exact) mass is 847 g/mol. The highest BCUT2D eigenvalue weighted by Gasteiger charge is 2.63. The first kappa shape index (κ1) is 46.7. The zero-order valence-electron chi connectivity index (χ0n) is 35.8. The number of esters is 2. The van der Waals surface area contributed by atoms with Crippen molar-refractivity contribution in [3.63, 3.8) is 0 Å². The van der Waals surface area contributed by atoms with Gasteiger partial charge in [-0.25, -0.2) is 9.97 Å². The fraction of sp³-hybridized carbons (Fsp3) is 0.750. The second-order valence-electron chi connectivity index (χ2n) is 16.9. The maximum absolute atomic E-state index is 14.7. The molecule has 3 saturated heterocycles. The van der Waals surface area contributed by atoms with Crippen LogP contribution in [0.5, 0.6) is 0 Å². The maximum Gasteiger partial charge on any atom is 0.316 e. The molecule has 3 aliphatic rings. The summed E-state index contributed by atoms with van der Waals surface area (Å²) in [6.07, 6.45) is -1.87. The quantitative estimate of drug-likeness (QED) is 0.127. The molecule has 5 rings (SSSR count). The summed E-state index contributed by atoms with van der Waals surface area (Å²) >= 11 is 1.22. The van der Waals surface area contributed by atoms with Crippen molar-refractivity contribution in [3.8, 4) is 10.8 Å². The van der Waals surface area contributed by atoms with Gasteiger partial charge in [-0.15, -0.1) is 10.2 Å². The largest absolute Gasteiger partial charge is 0.458 e. The Morgan fingerprint density at radius 3 is 2.34 bits per heavy atom. The van der Waals surface area contributed by atoms with Crippen LogP contribution in [0, 0.1) is 35.5 Å². The molecule has 3 fully saturated rings. The number of Topliss-reactive ketones (excluding diaryl/α,β-unsaturated/α-hetero) is 2. The van der Waals surface area contributed by atoms with Gasteiger partial charge in [-0.05, 0) is 67.1 Å². The summed E-state index contributed by atoms with van der Waals surface area (Å²) in [4.78, 5) is 73.0. The van der Waals surface area contributed by atoms with E-state index in [1.54, 1.807) is 60.0 Å². The van der Waals surface area contributed by atoms with Crippen LogP contribution >= 0.6 is 11.3 Å². The molecule has 0 amide bonds. The van der Waals surface area contributed by atoms with Crippen LogP contribution in [0.2, 0.25) is 0 Å². The van der Waals surface area contributed by atoms with E-state index in [2.05, 4.69) is 25.6 Å². The number of nitrogens with one attached hydrogen (secondary N) is 1. The number of ether oxygens (including phenoxy) is 5. The standard InChI is InChI=1S/C40H61N7O11S/c1-12-25-40(8)28(27(37(52)58-40)33(41)46-54-18-26-44-45-35(59-26)34-42-14-13-15-43-34)21(4)29(48)19(2)17-39(7,53-11)32(22(5)30(49)23(6)36(51)56-25)57-38-31(50)24(47(9)10)16-20(3)55-38/h13-15,19-25,27-28,31-33,38,46,50H,12,16-18,41H2,1-11H3/t19-,20-,21-,22+,23-,24+,25+,27-,28+,31-,32-,33?,38?,39-,40+/m1/s1. The average Bonchev–Trinajstić information content (AvgIpc) is 3.79. The first-order chi connectivity index (χ1) is 27.8. The highest BCUT2D eigenvalue weighted by Crippen LogP contribution is 2.48. The molecule has 4 N–H and O–H groups in total. The first-order valence-electron chi connectivity index (χ1n) is 20.2. The minimum atomic E-state index is -1.53. The molecule has 15 atom stereocenters. The van der Waals surface area contributed by atoms with Gasteiger partial charge in [0.05, 0.1) is 29.9 Å². The Hall–Kier alpha value is -3.40. The van der Waals surface area contributed by atoms with Gasteiger partial charge in [0.25, 0.3) is 0 Å². The Morgan fingerprint density at radius 1 is 1.03 bits per heavy atom. The van der Waals surface area contributed by atoms with Crippen LogP contribution in [-0.2, 0) is 54.3 Å². The number of rotatable bonds is 11. The van der Waals surface area contributed by atoms with Gasteiger partial charge in [0.1, 0.15) is 35.5 Å². The Labute approximate surface area is 349 Å². The van der Waals surface area contributed by atoms with E-state index in [9.17, 15) is 24.3 Å². The third-order valence-electron chi connectivity index (χ3n) is 12.4. The van der Waals surface area contributed by atoms with Gasteiger partial charge in [0, 0.05) is 49.2 Å². The number of methoxy groups -OCH3 is 1. The fourth-order valence-electron chi connectivity index (χ4n) is 9.15. The van der Waals surface area contributed by atoms with Crippen molar-refractivity contribution in [2.75, 3.05) is 21.2 Å². The van der Waals surface area contributed by atoms with Crippen molar-refractivity contribution in [2.24, 2.45) is 41.2 Å². The van der Waals surface area contributed by atoms with Gasteiger partial charge in [-0.2, -0.15) is 5.48 Å². The number of cyclic esters (lactones) is 1. The van der Waals surface area contributed by atoms with Crippen molar-refractivity contribution in [1.29, 1.82) is 0 Å². The van der Waals surface area contributed by atoms with Crippen LogP contribution in [0.1, 0.15) is 79.7 Å². The highest BCUT2D eigenvalue weighted by atomic mass is 32.1. The lowest BCUT2D eigenvalue weighted by Gasteiger charge is -2.47. The van der Waals surface area contributed by atoms with Crippen molar-refractivity contribution in [2.45, 2.75) is 135 Å². The molecule has 2 unspecified atom stereocenters. The molecule has 5 heterocycles. The molecule has 18 nitrogen and oxygen atoms in total. The Bertz CT molecular complexity index is 1790. The third kappa shape index (κ3) is 9.73. The van der Waals surface area contributed by atoms with Crippen LogP contribution in [-0.4, -0.2) is 129 Å². The summed E-state index contributed by atoms with van der Waals surface area (Å²) in [6, 6.07) is 1.39. The molecular formula is C40H61N7O11S. The molecule has 59 heavy (non-hydrogen) atoms. The minimum absolute atomic E-state index is 0.0641. The Balaban J connectivity index is 1.46. The predicted molar refractivity (Wildman–Crippen MR) is 212 cm³/mol. The Kier molecular flexibility index (Phi) is 15.1. The van der Waals surface area contributed by atoms with Gasteiger partial charge in [-0.1, -0.05) is 39.0 Å². The van der Waals surface area contributed by atoms with E-state index in [1.807, 2.05) is 25.9 Å². The number of hydroxylamine groups is 1. The molecule has 0 aromatic carbocycles. The molecular weight excluding hydrogens is 787 g/mol. The van der Waals surface area contributed by atoms with E-state index in [1.165, 1.54) is 25.4 Å². The summed E-state index contributed by atoms with van der Waals surface area (Å²) in [7, 11) is 5.17. The molecule has 3 aliphatic heterocycles. The molecule has 0 aliphatic carbocycles. The van der Waals surface area contributed by atoms with Crippen molar-refractivity contribution < 1.29 is 52.8 Å². The summed E-state index contributed by atoms with van der Waals surface area (Å²) in [5.74, 6) is -7.84. The molecule has 0 saturated carbocycles. The summed E-state index contributed by atoms with van der Waals surface area (Å²) in [6.45, 7) is 13.5. The normalized spacial score (nSPS) is 38.1. The molecule has 2 aromatic heterocycles. The predicted octanol–water partition coefficient (Wildman–Crippen LogP) is 2.47. The Morgan fingerprint density at radius 2 is 1.71 bits per heavy atom.